The first-order valence-corrected chi connectivity index (χ1v) is 7.03. The standard InChI is InChI=1S/C14H19N3O4/c1-2-15-13-11(4-3-5-12(13)17(20)21)14(19)16-8-6-10(18)7-9-16/h3-5,10,15,18H,2,6-9H2,1H3. The molecule has 1 aliphatic heterocycles. The lowest BCUT2D eigenvalue weighted by molar-refractivity contribution is -0.384. The fraction of sp³-hybridized carbons (Fsp3) is 0.500. The Hall–Kier alpha value is -2.15. The predicted octanol–water partition coefficient (Wildman–Crippen LogP) is 1.62. The summed E-state index contributed by atoms with van der Waals surface area (Å²) in [6, 6.07) is 4.50. The second-order valence-corrected chi connectivity index (χ2v) is 5.01. The van der Waals surface area contributed by atoms with Crippen molar-refractivity contribution < 1.29 is 14.8 Å². The number of benzene rings is 1. The van der Waals surface area contributed by atoms with Crippen molar-refractivity contribution in [3.05, 3.63) is 33.9 Å². The Morgan fingerprint density at radius 2 is 2.14 bits per heavy atom. The number of para-hydroxylation sites is 1. The maximum atomic E-state index is 12.6. The van der Waals surface area contributed by atoms with Gasteiger partial charge in [-0.1, -0.05) is 6.07 Å². The molecular weight excluding hydrogens is 274 g/mol. The molecule has 2 N–H and O–H groups in total. The largest absolute Gasteiger partial charge is 0.393 e. The summed E-state index contributed by atoms with van der Waals surface area (Å²) in [4.78, 5) is 24.8. The number of amides is 1. The van der Waals surface area contributed by atoms with Crippen LogP contribution in [0.15, 0.2) is 18.2 Å². The van der Waals surface area contributed by atoms with Crippen molar-refractivity contribution in [2.24, 2.45) is 0 Å². The normalized spacial score (nSPS) is 15.8. The second-order valence-electron chi connectivity index (χ2n) is 5.01. The van der Waals surface area contributed by atoms with E-state index in [4.69, 9.17) is 0 Å². The molecule has 0 unspecified atom stereocenters. The van der Waals surface area contributed by atoms with Gasteiger partial charge in [0.05, 0.1) is 16.6 Å². The number of hydrogen-bond acceptors (Lipinski definition) is 5. The van der Waals surface area contributed by atoms with Gasteiger partial charge in [0, 0.05) is 25.7 Å². The minimum absolute atomic E-state index is 0.0975. The van der Waals surface area contributed by atoms with Crippen molar-refractivity contribution in [2.45, 2.75) is 25.9 Å². The highest BCUT2D eigenvalue weighted by Gasteiger charge is 2.27. The molecule has 7 heteroatoms. The molecule has 0 saturated carbocycles. The average molecular weight is 293 g/mol. The van der Waals surface area contributed by atoms with Gasteiger partial charge in [-0.3, -0.25) is 14.9 Å². The molecule has 1 saturated heterocycles. The van der Waals surface area contributed by atoms with Crippen molar-refractivity contribution in [1.29, 1.82) is 0 Å². The highest BCUT2D eigenvalue weighted by atomic mass is 16.6. The van der Waals surface area contributed by atoms with E-state index in [1.165, 1.54) is 12.1 Å². The van der Waals surface area contributed by atoms with E-state index in [0.29, 0.717) is 38.0 Å². The Labute approximate surface area is 122 Å². The number of aliphatic hydroxyl groups is 1. The number of nitro groups is 1. The minimum atomic E-state index is -0.491. The summed E-state index contributed by atoms with van der Waals surface area (Å²) in [6.45, 7) is 3.24. The Bertz CT molecular complexity index is 539. The first-order chi connectivity index (χ1) is 10.0. The lowest BCUT2D eigenvalue weighted by atomic mass is 10.0. The molecule has 1 fully saturated rings. The summed E-state index contributed by atoms with van der Waals surface area (Å²) >= 11 is 0. The van der Waals surface area contributed by atoms with Gasteiger partial charge < -0.3 is 15.3 Å². The van der Waals surface area contributed by atoms with Crippen molar-refractivity contribution in [3.8, 4) is 0 Å². The number of carbonyl (C=O) groups is 1. The Kier molecular flexibility index (Phi) is 4.74. The van der Waals surface area contributed by atoms with Crippen LogP contribution in [0.5, 0.6) is 0 Å². The molecule has 21 heavy (non-hydrogen) atoms. The van der Waals surface area contributed by atoms with Gasteiger partial charge in [0.15, 0.2) is 0 Å². The van der Waals surface area contributed by atoms with Crippen molar-refractivity contribution in [2.75, 3.05) is 25.0 Å². The molecule has 7 nitrogen and oxygen atoms in total. The van der Waals surface area contributed by atoms with E-state index in [0.717, 1.165) is 0 Å². The van der Waals surface area contributed by atoms with Crippen LogP contribution in [-0.2, 0) is 0 Å². The van der Waals surface area contributed by atoms with Gasteiger partial charge in [-0.2, -0.15) is 0 Å². The van der Waals surface area contributed by atoms with Crippen LogP contribution in [0.1, 0.15) is 30.1 Å². The molecule has 0 aromatic heterocycles. The number of likely N-dealkylation sites (tertiary alicyclic amines) is 1. The molecule has 1 aliphatic rings. The van der Waals surface area contributed by atoms with Gasteiger partial charge >= 0.3 is 0 Å². The number of nitrogens with one attached hydrogen (secondary N) is 1. The van der Waals surface area contributed by atoms with Crippen molar-refractivity contribution in [3.63, 3.8) is 0 Å². The summed E-state index contributed by atoms with van der Waals surface area (Å²) in [5.74, 6) is -0.235. The molecular formula is C14H19N3O4. The number of anilines is 1. The molecule has 1 heterocycles. The van der Waals surface area contributed by atoms with Crippen molar-refractivity contribution in [1.82, 2.24) is 4.90 Å². The second kappa shape index (κ2) is 6.53. The number of piperidine rings is 1. The molecule has 0 bridgehead atoms. The van der Waals surface area contributed by atoms with E-state index in [1.807, 2.05) is 6.92 Å². The smallest absolute Gasteiger partial charge is 0.293 e. The third-order valence-corrected chi connectivity index (χ3v) is 3.57. The Balaban J connectivity index is 2.31. The van der Waals surface area contributed by atoms with Crippen LogP contribution in [0, 0.1) is 10.1 Å². The van der Waals surface area contributed by atoms with E-state index >= 15 is 0 Å². The van der Waals surface area contributed by atoms with Crippen LogP contribution in [0.25, 0.3) is 0 Å². The van der Waals surface area contributed by atoms with E-state index in [-0.39, 0.29) is 23.4 Å². The number of nitro benzene ring substituents is 1. The first kappa shape index (κ1) is 15.2. The molecule has 0 aliphatic carbocycles. The zero-order valence-electron chi connectivity index (χ0n) is 11.9. The lowest BCUT2D eigenvalue weighted by Gasteiger charge is -2.30. The Morgan fingerprint density at radius 3 is 2.71 bits per heavy atom. The molecule has 2 rings (SSSR count). The third-order valence-electron chi connectivity index (χ3n) is 3.57. The van der Waals surface area contributed by atoms with Gasteiger partial charge in [-0.25, -0.2) is 0 Å². The van der Waals surface area contributed by atoms with E-state index in [9.17, 15) is 20.0 Å². The highest BCUT2D eigenvalue weighted by molar-refractivity contribution is 6.01. The number of rotatable bonds is 4. The zero-order chi connectivity index (χ0) is 15.4. The third kappa shape index (κ3) is 3.30. The molecule has 1 amide bonds. The van der Waals surface area contributed by atoms with Crippen LogP contribution in [-0.4, -0.2) is 46.6 Å². The molecule has 114 valence electrons. The molecule has 1 aromatic rings. The number of nitrogens with zero attached hydrogens (tertiary/aromatic N) is 2. The predicted molar refractivity (Wildman–Crippen MR) is 78.4 cm³/mol. The average Bonchev–Trinajstić information content (AvgIpc) is 2.47. The summed E-state index contributed by atoms with van der Waals surface area (Å²) in [7, 11) is 0. The summed E-state index contributed by atoms with van der Waals surface area (Å²) in [6.07, 6.45) is 0.710. The Morgan fingerprint density at radius 1 is 1.48 bits per heavy atom. The molecule has 0 atom stereocenters. The summed E-state index contributed by atoms with van der Waals surface area (Å²) in [5, 5.41) is 23.5. The van der Waals surface area contributed by atoms with E-state index in [1.54, 1.807) is 11.0 Å². The quantitative estimate of drug-likeness (QED) is 0.649. The highest BCUT2D eigenvalue weighted by Crippen LogP contribution is 2.29. The maximum absolute atomic E-state index is 12.6. The summed E-state index contributed by atoms with van der Waals surface area (Å²) < 4.78 is 0. The topological polar surface area (TPSA) is 95.7 Å². The van der Waals surface area contributed by atoms with Gasteiger partial charge in [0.25, 0.3) is 11.6 Å². The zero-order valence-corrected chi connectivity index (χ0v) is 11.9. The van der Waals surface area contributed by atoms with Crippen molar-refractivity contribution >= 4 is 17.3 Å². The first-order valence-electron chi connectivity index (χ1n) is 7.03. The number of carbonyl (C=O) groups excluding carboxylic acids is 1. The van der Waals surface area contributed by atoms with Crippen LogP contribution in [0.3, 0.4) is 0 Å². The van der Waals surface area contributed by atoms with Crippen LogP contribution in [0.4, 0.5) is 11.4 Å². The minimum Gasteiger partial charge on any atom is -0.393 e. The van der Waals surface area contributed by atoms with Gasteiger partial charge in [0.2, 0.25) is 0 Å². The summed E-state index contributed by atoms with van der Waals surface area (Å²) in [5.41, 5.74) is 0.475. The maximum Gasteiger partial charge on any atom is 0.293 e. The van der Waals surface area contributed by atoms with Gasteiger partial charge in [-0.15, -0.1) is 0 Å². The van der Waals surface area contributed by atoms with Crippen LogP contribution in [0.2, 0.25) is 0 Å². The SMILES string of the molecule is CCNc1c(C(=O)N2CCC(O)CC2)cccc1[N+](=O)[O-]. The van der Waals surface area contributed by atoms with Crippen LogP contribution < -0.4 is 5.32 Å². The number of aliphatic hydroxyl groups excluding tert-OH is 1. The van der Waals surface area contributed by atoms with Gasteiger partial charge in [0.1, 0.15) is 5.69 Å². The molecule has 0 spiro atoms. The fourth-order valence-corrected chi connectivity index (χ4v) is 2.47. The molecule has 1 aromatic carbocycles. The fourth-order valence-electron chi connectivity index (χ4n) is 2.47. The van der Waals surface area contributed by atoms with Gasteiger partial charge in [-0.05, 0) is 25.8 Å². The lowest BCUT2D eigenvalue weighted by Crippen LogP contribution is -2.40. The number of hydrogen-bond donors (Lipinski definition) is 2. The molecule has 0 radical (unpaired) electrons. The monoisotopic (exact) mass is 293 g/mol. The van der Waals surface area contributed by atoms with E-state index < -0.39 is 4.92 Å². The van der Waals surface area contributed by atoms with Crippen LogP contribution >= 0.6 is 0 Å². The van der Waals surface area contributed by atoms with E-state index in [2.05, 4.69) is 5.32 Å².